The largest absolute Gasteiger partial charge is 0.355 e. The average Bonchev–Trinajstić information content (AvgIpc) is 3.08. The minimum absolute atomic E-state index is 0.0514. The van der Waals surface area contributed by atoms with Gasteiger partial charge in [-0.2, -0.15) is 11.8 Å². The summed E-state index contributed by atoms with van der Waals surface area (Å²) in [6, 6.07) is 0.828. The van der Waals surface area contributed by atoms with Gasteiger partial charge in [-0.3, -0.25) is 9.59 Å². The van der Waals surface area contributed by atoms with Gasteiger partial charge in [-0.1, -0.05) is 0 Å². The van der Waals surface area contributed by atoms with Crippen LogP contribution in [0, 0.1) is 5.92 Å². The standard InChI is InChI=1S/C19H31N5O2S/c1-14(25)24-11-15(19(26)21-7-4-17-10-20-13-22-17)2-3-18(12-24)23-16-5-8-27-9-6-16/h10,13,15-16,18,23H,2-9,11-12H2,1H3,(H,20,22)(H,21,26)/t15-,18+/m1/s1. The first kappa shape index (κ1) is 20.2. The van der Waals surface area contributed by atoms with Gasteiger partial charge in [0.15, 0.2) is 0 Å². The Kier molecular flexibility index (Phi) is 7.58. The van der Waals surface area contributed by atoms with Gasteiger partial charge in [0.25, 0.3) is 0 Å². The second-order valence-corrected chi connectivity index (χ2v) is 8.79. The Hall–Kier alpha value is -1.54. The van der Waals surface area contributed by atoms with E-state index < -0.39 is 0 Å². The molecule has 7 nitrogen and oxygen atoms in total. The van der Waals surface area contributed by atoms with Crippen molar-refractivity contribution >= 4 is 23.6 Å². The number of imidazole rings is 1. The number of carbonyl (C=O) groups excluding carboxylic acids is 2. The molecule has 2 fully saturated rings. The number of hydrogen-bond donors (Lipinski definition) is 3. The van der Waals surface area contributed by atoms with Crippen LogP contribution in [0.1, 0.15) is 38.3 Å². The zero-order valence-electron chi connectivity index (χ0n) is 16.1. The number of aromatic nitrogens is 2. The molecular weight excluding hydrogens is 362 g/mol. The minimum atomic E-state index is -0.135. The predicted octanol–water partition coefficient (Wildman–Crippen LogP) is 1.18. The van der Waals surface area contributed by atoms with Crippen molar-refractivity contribution in [3.05, 3.63) is 18.2 Å². The molecule has 8 heteroatoms. The van der Waals surface area contributed by atoms with Crippen molar-refractivity contribution in [3.8, 4) is 0 Å². The molecule has 150 valence electrons. The zero-order valence-corrected chi connectivity index (χ0v) is 16.9. The first-order valence-corrected chi connectivity index (χ1v) is 11.1. The lowest BCUT2D eigenvalue weighted by Gasteiger charge is -2.30. The fourth-order valence-corrected chi connectivity index (χ4v) is 4.99. The lowest BCUT2D eigenvalue weighted by Crippen LogP contribution is -2.47. The van der Waals surface area contributed by atoms with Crippen LogP contribution in [0.4, 0.5) is 0 Å². The minimum Gasteiger partial charge on any atom is -0.355 e. The van der Waals surface area contributed by atoms with E-state index in [0.29, 0.717) is 25.7 Å². The van der Waals surface area contributed by atoms with Gasteiger partial charge in [-0.05, 0) is 37.2 Å². The zero-order chi connectivity index (χ0) is 19.1. The van der Waals surface area contributed by atoms with Crippen LogP contribution in [-0.4, -0.2) is 69.9 Å². The first-order valence-electron chi connectivity index (χ1n) is 9.96. The van der Waals surface area contributed by atoms with E-state index in [1.807, 2.05) is 16.7 Å². The third-order valence-corrected chi connectivity index (χ3v) is 6.55. The molecule has 27 heavy (non-hydrogen) atoms. The maximum atomic E-state index is 12.6. The number of nitrogens with one attached hydrogen (secondary N) is 3. The third kappa shape index (κ3) is 6.24. The molecule has 0 bridgehead atoms. The number of likely N-dealkylation sites (tertiary alicyclic amines) is 1. The molecule has 2 amide bonds. The highest BCUT2D eigenvalue weighted by Crippen LogP contribution is 2.21. The van der Waals surface area contributed by atoms with Gasteiger partial charge in [0.1, 0.15) is 0 Å². The number of amides is 2. The smallest absolute Gasteiger partial charge is 0.224 e. The summed E-state index contributed by atoms with van der Waals surface area (Å²) < 4.78 is 0. The van der Waals surface area contributed by atoms with E-state index in [1.165, 1.54) is 24.3 Å². The van der Waals surface area contributed by atoms with Gasteiger partial charge in [0.2, 0.25) is 11.8 Å². The Morgan fingerprint density at radius 2 is 2.04 bits per heavy atom. The van der Waals surface area contributed by atoms with Gasteiger partial charge in [-0.25, -0.2) is 4.98 Å². The highest BCUT2D eigenvalue weighted by molar-refractivity contribution is 7.99. The van der Waals surface area contributed by atoms with Crippen LogP contribution in [-0.2, 0) is 16.0 Å². The van der Waals surface area contributed by atoms with Gasteiger partial charge < -0.3 is 20.5 Å². The molecule has 0 saturated carbocycles. The summed E-state index contributed by atoms with van der Waals surface area (Å²) in [5, 5.41) is 6.78. The predicted molar refractivity (Wildman–Crippen MR) is 108 cm³/mol. The maximum Gasteiger partial charge on any atom is 0.224 e. The summed E-state index contributed by atoms with van der Waals surface area (Å²) in [4.78, 5) is 33.6. The van der Waals surface area contributed by atoms with Crippen molar-refractivity contribution in [3.63, 3.8) is 0 Å². The molecular formula is C19H31N5O2S. The molecule has 3 N–H and O–H groups in total. The van der Waals surface area contributed by atoms with Crippen molar-refractivity contribution < 1.29 is 9.59 Å². The molecule has 0 unspecified atom stereocenters. The number of nitrogens with zero attached hydrogens (tertiary/aromatic N) is 2. The van der Waals surface area contributed by atoms with Crippen LogP contribution >= 0.6 is 11.8 Å². The molecule has 0 radical (unpaired) electrons. The van der Waals surface area contributed by atoms with E-state index >= 15 is 0 Å². The Bertz CT molecular complexity index is 603. The van der Waals surface area contributed by atoms with Crippen LogP contribution in [0.2, 0.25) is 0 Å². The average molecular weight is 394 g/mol. The van der Waals surface area contributed by atoms with Crippen LogP contribution in [0.5, 0.6) is 0 Å². The Morgan fingerprint density at radius 1 is 1.22 bits per heavy atom. The Morgan fingerprint density at radius 3 is 2.74 bits per heavy atom. The Labute approximate surface area is 165 Å². The van der Waals surface area contributed by atoms with Gasteiger partial charge in [-0.15, -0.1) is 0 Å². The summed E-state index contributed by atoms with van der Waals surface area (Å²) >= 11 is 2.02. The summed E-state index contributed by atoms with van der Waals surface area (Å²) in [7, 11) is 0. The number of thioether (sulfide) groups is 1. The van der Waals surface area contributed by atoms with E-state index in [0.717, 1.165) is 25.0 Å². The normalized spacial score (nSPS) is 24.4. The number of carbonyl (C=O) groups is 2. The maximum absolute atomic E-state index is 12.6. The Balaban J connectivity index is 1.51. The highest BCUT2D eigenvalue weighted by atomic mass is 32.2. The molecule has 2 aliphatic rings. The van der Waals surface area contributed by atoms with E-state index in [9.17, 15) is 9.59 Å². The SMILES string of the molecule is CC(=O)N1C[C@@H](NC2CCSCC2)CC[C@@H](C(=O)NCCc2cnc[nH]2)C1. The van der Waals surface area contributed by atoms with Crippen molar-refractivity contribution in [2.24, 2.45) is 5.92 Å². The molecule has 0 spiro atoms. The molecule has 3 rings (SSSR count). The summed E-state index contributed by atoms with van der Waals surface area (Å²) in [5.74, 6) is 2.39. The van der Waals surface area contributed by atoms with Crippen LogP contribution in [0.25, 0.3) is 0 Å². The van der Waals surface area contributed by atoms with Crippen molar-refractivity contribution in [1.29, 1.82) is 0 Å². The topological polar surface area (TPSA) is 90.1 Å². The monoisotopic (exact) mass is 393 g/mol. The molecule has 0 aromatic carbocycles. The van der Waals surface area contributed by atoms with E-state index in [1.54, 1.807) is 19.4 Å². The second-order valence-electron chi connectivity index (χ2n) is 7.57. The van der Waals surface area contributed by atoms with Crippen LogP contribution < -0.4 is 10.6 Å². The van der Waals surface area contributed by atoms with Gasteiger partial charge in [0.05, 0.1) is 12.2 Å². The van der Waals surface area contributed by atoms with E-state index in [2.05, 4.69) is 20.6 Å². The molecule has 3 heterocycles. The number of hydrogen-bond acceptors (Lipinski definition) is 5. The summed E-state index contributed by atoms with van der Waals surface area (Å²) in [6.07, 6.45) is 8.29. The van der Waals surface area contributed by atoms with E-state index in [-0.39, 0.29) is 23.8 Å². The van der Waals surface area contributed by atoms with Crippen molar-refractivity contribution in [2.45, 2.75) is 51.1 Å². The lowest BCUT2D eigenvalue weighted by atomic mass is 10.00. The number of H-pyrrole nitrogens is 1. The molecule has 1 aromatic heterocycles. The summed E-state index contributed by atoms with van der Waals surface area (Å²) in [6.45, 7) is 3.41. The number of rotatable bonds is 6. The second kappa shape index (κ2) is 10.1. The summed E-state index contributed by atoms with van der Waals surface area (Å²) in [5.41, 5.74) is 1.01. The van der Waals surface area contributed by atoms with Crippen LogP contribution in [0.15, 0.2) is 12.5 Å². The van der Waals surface area contributed by atoms with Gasteiger partial charge in [0, 0.05) is 57.0 Å². The molecule has 0 aliphatic carbocycles. The third-order valence-electron chi connectivity index (χ3n) is 5.50. The van der Waals surface area contributed by atoms with E-state index in [4.69, 9.17) is 0 Å². The molecule has 2 aliphatic heterocycles. The highest BCUT2D eigenvalue weighted by Gasteiger charge is 2.30. The van der Waals surface area contributed by atoms with Crippen molar-refractivity contribution in [1.82, 2.24) is 25.5 Å². The fourth-order valence-electron chi connectivity index (χ4n) is 3.88. The molecule has 2 saturated heterocycles. The fraction of sp³-hybridized carbons (Fsp3) is 0.737. The van der Waals surface area contributed by atoms with Crippen molar-refractivity contribution in [2.75, 3.05) is 31.1 Å². The lowest BCUT2D eigenvalue weighted by molar-refractivity contribution is -0.131. The molecule has 2 atom stereocenters. The quantitative estimate of drug-likeness (QED) is 0.675. The van der Waals surface area contributed by atoms with Gasteiger partial charge >= 0.3 is 0 Å². The first-order chi connectivity index (χ1) is 13.1. The van der Waals surface area contributed by atoms with Crippen LogP contribution in [0.3, 0.4) is 0 Å². The number of aromatic amines is 1. The molecule has 1 aromatic rings.